The first kappa shape index (κ1) is 16.2. The van der Waals surface area contributed by atoms with Crippen LogP contribution in [0.4, 0.5) is 0 Å². The van der Waals surface area contributed by atoms with Crippen LogP contribution in [0.2, 0.25) is 0 Å². The number of fused-ring (bicyclic) bond motifs is 1. The van der Waals surface area contributed by atoms with Gasteiger partial charge in [-0.2, -0.15) is 0 Å². The second kappa shape index (κ2) is 6.94. The Bertz CT molecular complexity index is 672. The highest BCUT2D eigenvalue weighted by atomic mass is 32.1. The number of H-pyrrole nitrogens is 1. The van der Waals surface area contributed by atoms with Gasteiger partial charge in [-0.1, -0.05) is 0 Å². The zero-order valence-electron chi connectivity index (χ0n) is 14.5. The van der Waals surface area contributed by atoms with Crippen LogP contribution in [-0.2, 0) is 24.1 Å². The number of aryl methyl sites for hydroxylation is 2. The van der Waals surface area contributed by atoms with E-state index >= 15 is 0 Å². The molecular formula is C18H26N4OS. The van der Waals surface area contributed by atoms with Crippen molar-refractivity contribution in [2.24, 2.45) is 0 Å². The minimum atomic E-state index is 0.0786. The minimum absolute atomic E-state index is 0.0786. The zero-order chi connectivity index (χ0) is 16.5. The fourth-order valence-corrected chi connectivity index (χ4v) is 4.69. The molecule has 1 fully saturated rings. The lowest BCUT2D eigenvalue weighted by atomic mass is 10.0. The average molecular weight is 347 g/mol. The summed E-state index contributed by atoms with van der Waals surface area (Å²) in [4.78, 5) is 15.9. The van der Waals surface area contributed by atoms with Gasteiger partial charge < -0.3 is 9.72 Å². The van der Waals surface area contributed by atoms with Crippen molar-refractivity contribution < 1.29 is 4.74 Å². The Hall–Kier alpha value is -1.24. The van der Waals surface area contributed by atoms with Gasteiger partial charge in [0.2, 0.25) is 0 Å². The molecule has 0 radical (unpaired) electrons. The summed E-state index contributed by atoms with van der Waals surface area (Å²) in [6.45, 7) is 4.08. The van der Waals surface area contributed by atoms with Crippen LogP contribution in [0.25, 0.3) is 0 Å². The molecule has 0 spiro atoms. The van der Waals surface area contributed by atoms with Crippen molar-refractivity contribution in [3.8, 4) is 0 Å². The molecule has 1 aliphatic carbocycles. The maximum absolute atomic E-state index is 5.38. The number of ether oxygens (including phenoxy) is 1. The Morgan fingerprint density at radius 3 is 3.04 bits per heavy atom. The Morgan fingerprint density at radius 1 is 1.33 bits per heavy atom. The number of imidazole rings is 1. The second-order valence-corrected chi connectivity index (χ2v) is 7.83. The smallest absolute Gasteiger partial charge is 0.124 e. The van der Waals surface area contributed by atoms with E-state index in [1.807, 2.05) is 0 Å². The number of thiazole rings is 1. The molecule has 2 aromatic rings. The van der Waals surface area contributed by atoms with E-state index < -0.39 is 0 Å². The van der Waals surface area contributed by atoms with E-state index in [-0.39, 0.29) is 6.10 Å². The summed E-state index contributed by atoms with van der Waals surface area (Å²) in [7, 11) is 1.74. The van der Waals surface area contributed by atoms with E-state index in [9.17, 15) is 0 Å². The van der Waals surface area contributed by atoms with Crippen molar-refractivity contribution >= 4 is 11.3 Å². The molecule has 2 atom stereocenters. The number of aromatic nitrogens is 3. The highest BCUT2D eigenvalue weighted by molar-refractivity contribution is 7.09. The number of rotatable bonds is 5. The molecule has 0 amide bonds. The molecule has 4 rings (SSSR count). The molecule has 6 heteroatoms. The van der Waals surface area contributed by atoms with Gasteiger partial charge in [0.15, 0.2) is 0 Å². The van der Waals surface area contributed by atoms with Gasteiger partial charge >= 0.3 is 0 Å². The van der Waals surface area contributed by atoms with Crippen molar-refractivity contribution in [3.63, 3.8) is 0 Å². The van der Waals surface area contributed by atoms with Crippen molar-refractivity contribution in [2.75, 3.05) is 13.7 Å². The standard InChI is InChI=1S/C18H26N4OS/c1-12(23-2)18-19-13(11-24-18)10-22-9-5-8-16(22)17-20-14-6-3-4-7-15(14)21-17/h11-12,16H,3-10H2,1-2H3,(H,20,21)/t12-,16+/m1/s1. The van der Waals surface area contributed by atoms with E-state index in [4.69, 9.17) is 14.7 Å². The third-order valence-corrected chi connectivity index (χ3v) is 6.34. The number of likely N-dealkylation sites (tertiary alicyclic amines) is 1. The molecule has 0 saturated carbocycles. The van der Waals surface area contributed by atoms with Gasteiger partial charge in [-0.25, -0.2) is 9.97 Å². The van der Waals surface area contributed by atoms with Gasteiger partial charge in [0.25, 0.3) is 0 Å². The average Bonchev–Trinajstić information content (AvgIpc) is 3.33. The van der Waals surface area contributed by atoms with E-state index in [1.54, 1.807) is 18.4 Å². The van der Waals surface area contributed by atoms with Crippen LogP contribution in [-0.4, -0.2) is 33.5 Å². The number of aromatic amines is 1. The Kier molecular flexibility index (Phi) is 4.70. The van der Waals surface area contributed by atoms with Crippen molar-refractivity contribution in [1.29, 1.82) is 0 Å². The summed E-state index contributed by atoms with van der Waals surface area (Å²) in [5.74, 6) is 1.18. The molecule has 130 valence electrons. The minimum Gasteiger partial charge on any atom is -0.375 e. The van der Waals surface area contributed by atoms with Gasteiger partial charge in [-0.05, 0) is 52.0 Å². The Morgan fingerprint density at radius 2 is 2.21 bits per heavy atom. The number of hydrogen-bond acceptors (Lipinski definition) is 5. The SMILES string of the molecule is CO[C@H](C)c1nc(CN2CCC[C@H]2c2nc3c([nH]2)CCCC3)cs1. The Balaban J connectivity index is 1.48. The molecule has 0 aromatic carbocycles. The molecule has 2 aliphatic rings. The summed E-state index contributed by atoms with van der Waals surface area (Å²) in [5, 5.41) is 3.24. The fraction of sp³-hybridized carbons (Fsp3) is 0.667. The molecule has 5 nitrogen and oxygen atoms in total. The van der Waals surface area contributed by atoms with Crippen LogP contribution >= 0.6 is 11.3 Å². The molecule has 24 heavy (non-hydrogen) atoms. The normalized spacial score (nSPS) is 22.7. The first-order valence-corrected chi connectivity index (χ1v) is 9.91. The summed E-state index contributed by atoms with van der Waals surface area (Å²) in [5.41, 5.74) is 3.85. The Labute approximate surface area is 147 Å². The molecule has 0 bridgehead atoms. The lowest BCUT2D eigenvalue weighted by Crippen LogP contribution is -2.23. The molecule has 1 saturated heterocycles. The third kappa shape index (κ3) is 3.15. The van der Waals surface area contributed by atoms with Crippen molar-refractivity contribution in [1.82, 2.24) is 19.9 Å². The maximum Gasteiger partial charge on any atom is 0.124 e. The fourth-order valence-electron chi connectivity index (χ4n) is 3.85. The van der Waals surface area contributed by atoms with Crippen LogP contribution in [0.5, 0.6) is 0 Å². The molecule has 3 heterocycles. The van der Waals surface area contributed by atoms with Crippen molar-refractivity contribution in [2.45, 2.75) is 64.1 Å². The predicted molar refractivity (Wildman–Crippen MR) is 95.2 cm³/mol. The zero-order valence-corrected chi connectivity index (χ0v) is 15.4. The lowest BCUT2D eigenvalue weighted by molar-refractivity contribution is 0.119. The highest BCUT2D eigenvalue weighted by Gasteiger charge is 2.30. The largest absolute Gasteiger partial charge is 0.375 e. The number of hydrogen-bond donors (Lipinski definition) is 1. The molecule has 0 unspecified atom stereocenters. The highest BCUT2D eigenvalue weighted by Crippen LogP contribution is 2.33. The van der Waals surface area contributed by atoms with Gasteiger partial charge in [0.05, 0.1) is 17.4 Å². The van der Waals surface area contributed by atoms with E-state index in [2.05, 4.69) is 22.2 Å². The first-order chi connectivity index (χ1) is 11.7. The molecule has 1 aliphatic heterocycles. The predicted octanol–water partition coefficient (Wildman–Crippen LogP) is 3.79. The van der Waals surface area contributed by atoms with Crippen LogP contribution in [0, 0.1) is 0 Å². The third-order valence-electron chi connectivity index (χ3n) is 5.29. The van der Waals surface area contributed by atoms with Gasteiger partial charge in [0, 0.05) is 24.7 Å². The summed E-state index contributed by atoms with van der Waals surface area (Å²) < 4.78 is 5.38. The van der Waals surface area contributed by atoms with Crippen LogP contribution in [0.1, 0.15) is 72.7 Å². The quantitative estimate of drug-likeness (QED) is 0.895. The molecular weight excluding hydrogens is 320 g/mol. The van der Waals surface area contributed by atoms with Crippen molar-refractivity contribution in [3.05, 3.63) is 33.3 Å². The van der Waals surface area contributed by atoms with Crippen LogP contribution in [0.3, 0.4) is 0 Å². The molecule has 2 aromatic heterocycles. The van der Waals surface area contributed by atoms with Gasteiger partial charge in [-0.15, -0.1) is 11.3 Å². The number of nitrogens with zero attached hydrogens (tertiary/aromatic N) is 3. The second-order valence-electron chi connectivity index (χ2n) is 6.94. The van der Waals surface area contributed by atoms with E-state index in [0.29, 0.717) is 6.04 Å². The molecule has 1 N–H and O–H groups in total. The number of nitrogens with one attached hydrogen (secondary N) is 1. The van der Waals surface area contributed by atoms with Gasteiger partial charge in [0.1, 0.15) is 16.9 Å². The first-order valence-electron chi connectivity index (χ1n) is 9.03. The van der Waals surface area contributed by atoms with Crippen LogP contribution in [0.15, 0.2) is 5.38 Å². The topological polar surface area (TPSA) is 54.0 Å². The summed E-state index contributed by atoms with van der Waals surface area (Å²) in [6.07, 6.45) is 7.39. The maximum atomic E-state index is 5.38. The lowest BCUT2D eigenvalue weighted by Gasteiger charge is -2.21. The number of methoxy groups -OCH3 is 1. The van der Waals surface area contributed by atoms with Crippen LogP contribution < -0.4 is 0 Å². The summed E-state index contributed by atoms with van der Waals surface area (Å²) in [6, 6.07) is 0.417. The van der Waals surface area contributed by atoms with Gasteiger partial charge in [-0.3, -0.25) is 4.90 Å². The summed E-state index contributed by atoms with van der Waals surface area (Å²) >= 11 is 1.70. The monoisotopic (exact) mass is 346 g/mol. The van der Waals surface area contributed by atoms with E-state index in [0.717, 1.165) is 30.2 Å². The van der Waals surface area contributed by atoms with E-state index in [1.165, 1.54) is 49.3 Å².